The van der Waals surface area contributed by atoms with Crippen molar-refractivity contribution in [1.29, 1.82) is 5.26 Å². The van der Waals surface area contributed by atoms with Crippen molar-refractivity contribution >= 4 is 34.8 Å². The van der Waals surface area contributed by atoms with Gasteiger partial charge in [0.25, 0.3) is 11.8 Å². The van der Waals surface area contributed by atoms with Crippen molar-refractivity contribution in [3.8, 4) is 11.8 Å². The maximum Gasteiger partial charge on any atom is 0.279 e. The number of carbonyl (C=O) groups excluding carboxylic acids is 2. The van der Waals surface area contributed by atoms with E-state index in [1.165, 1.54) is 0 Å². The van der Waals surface area contributed by atoms with Gasteiger partial charge in [0, 0.05) is 11.1 Å². The number of benzene rings is 2. The van der Waals surface area contributed by atoms with Crippen LogP contribution in [0.15, 0.2) is 64.5 Å². The molecular weight excluding hydrogens is 350 g/mol. The number of nitrogens with one attached hydrogen (secondary N) is 1. The summed E-state index contributed by atoms with van der Waals surface area (Å²) in [7, 11) is 0. The summed E-state index contributed by atoms with van der Waals surface area (Å²) in [4.78, 5) is 28.6. The topological polar surface area (TPSA) is 91.5 Å². The Kier molecular flexibility index (Phi) is 5.46. The SMILES string of the molecule is N#CCOc1ccccc1/C=C1\SC(=NC(=O)c2ccccc2)NC1=O. The molecule has 1 aliphatic rings. The number of nitriles is 1. The molecule has 1 aliphatic heterocycles. The van der Waals surface area contributed by atoms with Crippen molar-refractivity contribution in [2.75, 3.05) is 6.61 Å². The highest BCUT2D eigenvalue weighted by molar-refractivity contribution is 8.18. The second-order valence-corrected chi connectivity index (χ2v) is 6.17. The van der Waals surface area contributed by atoms with Crippen LogP contribution in [-0.2, 0) is 4.79 Å². The monoisotopic (exact) mass is 363 g/mol. The first-order chi connectivity index (χ1) is 12.7. The van der Waals surface area contributed by atoms with E-state index < -0.39 is 5.91 Å². The Labute approximate surface area is 154 Å². The second kappa shape index (κ2) is 8.14. The van der Waals surface area contributed by atoms with Gasteiger partial charge in [0.2, 0.25) is 0 Å². The van der Waals surface area contributed by atoms with Crippen LogP contribution >= 0.6 is 11.8 Å². The second-order valence-electron chi connectivity index (χ2n) is 5.14. The molecule has 0 radical (unpaired) electrons. The van der Waals surface area contributed by atoms with Crippen molar-refractivity contribution in [3.63, 3.8) is 0 Å². The Balaban J connectivity index is 1.80. The van der Waals surface area contributed by atoms with Crippen LogP contribution in [0.5, 0.6) is 5.75 Å². The summed E-state index contributed by atoms with van der Waals surface area (Å²) in [6, 6.07) is 17.6. The lowest BCUT2D eigenvalue weighted by Gasteiger charge is -2.05. The van der Waals surface area contributed by atoms with Crippen molar-refractivity contribution in [3.05, 3.63) is 70.6 Å². The minimum absolute atomic E-state index is 0.0855. The molecule has 1 fully saturated rings. The number of thioether (sulfide) groups is 1. The Morgan fingerprint density at radius 2 is 1.92 bits per heavy atom. The average Bonchev–Trinajstić information content (AvgIpc) is 3.00. The molecule has 1 N–H and O–H groups in total. The van der Waals surface area contributed by atoms with Crippen LogP contribution < -0.4 is 10.1 Å². The Morgan fingerprint density at radius 1 is 1.19 bits per heavy atom. The van der Waals surface area contributed by atoms with Gasteiger partial charge in [0.05, 0.1) is 4.91 Å². The van der Waals surface area contributed by atoms with Gasteiger partial charge in [-0.25, -0.2) is 0 Å². The highest BCUT2D eigenvalue weighted by atomic mass is 32.2. The third-order valence-electron chi connectivity index (χ3n) is 3.37. The predicted molar refractivity (Wildman–Crippen MR) is 99.5 cm³/mol. The van der Waals surface area contributed by atoms with E-state index in [9.17, 15) is 9.59 Å². The van der Waals surface area contributed by atoms with Gasteiger partial charge in [-0.1, -0.05) is 36.4 Å². The van der Waals surface area contributed by atoms with Gasteiger partial charge >= 0.3 is 0 Å². The van der Waals surface area contributed by atoms with Crippen LogP contribution in [0.1, 0.15) is 15.9 Å². The van der Waals surface area contributed by atoms with Crippen molar-refractivity contribution in [1.82, 2.24) is 5.32 Å². The molecule has 0 atom stereocenters. The summed E-state index contributed by atoms with van der Waals surface area (Å²) in [6.45, 7) is -0.0855. The van der Waals surface area contributed by atoms with Gasteiger partial charge < -0.3 is 10.1 Å². The lowest BCUT2D eigenvalue weighted by molar-refractivity contribution is -0.115. The highest BCUT2D eigenvalue weighted by Gasteiger charge is 2.25. The van der Waals surface area contributed by atoms with Gasteiger partial charge in [-0.15, -0.1) is 0 Å². The first-order valence-electron chi connectivity index (χ1n) is 7.65. The quantitative estimate of drug-likeness (QED) is 0.843. The number of carbonyl (C=O) groups is 2. The normalized spacial score (nSPS) is 16.3. The van der Waals surface area contributed by atoms with E-state index in [-0.39, 0.29) is 17.7 Å². The van der Waals surface area contributed by atoms with E-state index in [0.29, 0.717) is 21.8 Å². The Bertz CT molecular complexity index is 946. The standard InChI is InChI=1S/C19H13N3O3S/c20-10-11-25-15-9-5-4-8-14(15)12-16-18(24)22-19(26-16)21-17(23)13-6-2-1-3-7-13/h1-9,12H,11H2,(H,21,22,23,24)/b16-12-. The lowest BCUT2D eigenvalue weighted by Crippen LogP contribution is -2.20. The van der Waals surface area contributed by atoms with Gasteiger partial charge in [-0.2, -0.15) is 10.3 Å². The molecule has 3 rings (SSSR count). The fraction of sp³-hybridized carbons (Fsp3) is 0.0526. The first kappa shape index (κ1) is 17.5. The van der Waals surface area contributed by atoms with Gasteiger partial charge in [-0.05, 0) is 36.0 Å². The summed E-state index contributed by atoms with van der Waals surface area (Å²) >= 11 is 1.08. The van der Waals surface area contributed by atoms with Crippen LogP contribution in [0.3, 0.4) is 0 Å². The number of nitrogens with zero attached hydrogens (tertiary/aromatic N) is 2. The summed E-state index contributed by atoms with van der Waals surface area (Å²) in [6.07, 6.45) is 1.64. The molecule has 1 saturated heterocycles. The summed E-state index contributed by atoms with van der Waals surface area (Å²) in [5, 5.41) is 11.5. The minimum Gasteiger partial charge on any atom is -0.478 e. The number of hydrogen-bond acceptors (Lipinski definition) is 5. The first-order valence-corrected chi connectivity index (χ1v) is 8.47. The zero-order valence-corrected chi connectivity index (χ0v) is 14.3. The maximum absolute atomic E-state index is 12.1. The summed E-state index contributed by atoms with van der Waals surface area (Å²) < 4.78 is 5.35. The number of para-hydroxylation sites is 1. The third kappa shape index (κ3) is 4.18. The van der Waals surface area contributed by atoms with E-state index in [1.54, 1.807) is 54.6 Å². The van der Waals surface area contributed by atoms with E-state index >= 15 is 0 Å². The molecule has 7 heteroatoms. The molecule has 0 bridgehead atoms. The highest BCUT2D eigenvalue weighted by Crippen LogP contribution is 2.29. The van der Waals surface area contributed by atoms with E-state index in [1.807, 2.05) is 12.1 Å². The smallest absolute Gasteiger partial charge is 0.279 e. The molecule has 2 amide bonds. The fourth-order valence-corrected chi connectivity index (χ4v) is 3.01. The number of aliphatic imine (C=N–C) groups is 1. The molecule has 6 nitrogen and oxygen atoms in total. The molecule has 0 aromatic heterocycles. The van der Waals surface area contributed by atoms with E-state index in [0.717, 1.165) is 11.8 Å². The predicted octanol–water partition coefficient (Wildman–Crippen LogP) is 2.99. The molecule has 1 heterocycles. The van der Waals surface area contributed by atoms with Gasteiger partial charge in [0.1, 0.15) is 11.8 Å². The van der Waals surface area contributed by atoms with E-state index in [4.69, 9.17) is 10.00 Å². The zero-order chi connectivity index (χ0) is 18.4. The van der Waals surface area contributed by atoms with Crippen LogP contribution in [0.4, 0.5) is 0 Å². The number of amidine groups is 1. The van der Waals surface area contributed by atoms with Crippen LogP contribution in [0.25, 0.3) is 6.08 Å². The molecule has 2 aromatic rings. The molecule has 26 heavy (non-hydrogen) atoms. The third-order valence-corrected chi connectivity index (χ3v) is 4.28. The van der Waals surface area contributed by atoms with Crippen molar-refractivity contribution in [2.45, 2.75) is 0 Å². The van der Waals surface area contributed by atoms with Crippen LogP contribution in [0.2, 0.25) is 0 Å². The maximum atomic E-state index is 12.1. The molecule has 0 aliphatic carbocycles. The number of rotatable bonds is 4. The van der Waals surface area contributed by atoms with Crippen molar-refractivity contribution < 1.29 is 14.3 Å². The summed E-state index contributed by atoms with van der Waals surface area (Å²) in [5.74, 6) is -0.266. The lowest BCUT2D eigenvalue weighted by atomic mass is 10.2. The molecule has 2 aromatic carbocycles. The van der Waals surface area contributed by atoms with Crippen LogP contribution in [-0.4, -0.2) is 23.6 Å². The van der Waals surface area contributed by atoms with Crippen molar-refractivity contribution in [2.24, 2.45) is 4.99 Å². The zero-order valence-electron chi connectivity index (χ0n) is 13.5. The fourth-order valence-electron chi connectivity index (χ4n) is 2.20. The molecular formula is C19H13N3O3S. The van der Waals surface area contributed by atoms with Gasteiger partial charge in [-0.3, -0.25) is 9.59 Å². The average molecular weight is 363 g/mol. The summed E-state index contributed by atoms with van der Waals surface area (Å²) in [5.41, 5.74) is 1.11. The largest absolute Gasteiger partial charge is 0.478 e. The molecule has 0 saturated carbocycles. The number of ether oxygens (including phenoxy) is 1. The number of hydrogen-bond donors (Lipinski definition) is 1. The van der Waals surface area contributed by atoms with E-state index in [2.05, 4.69) is 10.3 Å². The molecule has 0 unspecified atom stereocenters. The van der Waals surface area contributed by atoms with Gasteiger partial charge in [0.15, 0.2) is 11.8 Å². The Hall–Kier alpha value is -3.37. The molecule has 0 spiro atoms. The molecule has 128 valence electrons. The Morgan fingerprint density at radius 3 is 2.69 bits per heavy atom. The minimum atomic E-state index is -0.424. The number of amides is 2. The van der Waals surface area contributed by atoms with Crippen LogP contribution in [0, 0.1) is 11.3 Å².